The van der Waals surface area contributed by atoms with Crippen molar-refractivity contribution < 1.29 is 14.3 Å². The van der Waals surface area contributed by atoms with Crippen molar-refractivity contribution in [1.82, 2.24) is 10.6 Å². The Bertz CT molecular complexity index is 373. The molecule has 1 saturated carbocycles. The molecule has 2 fully saturated rings. The molecular weight excluding hydrogens is 300 g/mol. The second-order valence-electron chi connectivity index (χ2n) is 6.99. The lowest BCUT2D eigenvalue weighted by Gasteiger charge is -2.48. The first-order valence-electron chi connectivity index (χ1n) is 8.34. The molecule has 1 aliphatic carbocycles. The van der Waals surface area contributed by atoms with Crippen LogP contribution in [0.5, 0.6) is 0 Å². The molecule has 1 saturated heterocycles. The molecule has 0 aromatic rings. The molecule has 128 valence electrons. The van der Waals surface area contributed by atoms with Crippen LogP contribution < -0.4 is 10.6 Å². The summed E-state index contributed by atoms with van der Waals surface area (Å²) >= 11 is 1.96. The molecule has 1 heterocycles. The van der Waals surface area contributed by atoms with Gasteiger partial charge in [-0.15, -0.1) is 0 Å². The highest BCUT2D eigenvalue weighted by Crippen LogP contribution is 2.39. The molecule has 2 N–H and O–H groups in total. The SMILES string of the molecule is CCSCCCNC1C(NC(=O)OC(C)(C)C)C2CCOC21. The summed E-state index contributed by atoms with van der Waals surface area (Å²) in [5.74, 6) is 2.77. The number of carbonyl (C=O) groups is 1. The highest BCUT2D eigenvalue weighted by molar-refractivity contribution is 7.99. The van der Waals surface area contributed by atoms with E-state index in [4.69, 9.17) is 9.47 Å². The van der Waals surface area contributed by atoms with Gasteiger partial charge in [0.2, 0.25) is 0 Å². The second kappa shape index (κ2) is 7.88. The molecule has 4 unspecified atom stereocenters. The lowest BCUT2D eigenvalue weighted by atomic mass is 9.71. The van der Waals surface area contributed by atoms with Crippen molar-refractivity contribution >= 4 is 17.9 Å². The third kappa shape index (κ3) is 4.77. The van der Waals surface area contributed by atoms with Gasteiger partial charge in [-0.25, -0.2) is 4.79 Å². The first kappa shape index (κ1) is 17.9. The third-order valence-electron chi connectivity index (χ3n) is 4.12. The van der Waals surface area contributed by atoms with Crippen LogP contribution in [0.15, 0.2) is 0 Å². The average molecular weight is 330 g/mol. The van der Waals surface area contributed by atoms with Crippen molar-refractivity contribution in [1.29, 1.82) is 0 Å². The number of alkyl carbamates (subject to hydrolysis) is 1. The van der Waals surface area contributed by atoms with Gasteiger partial charge in [0, 0.05) is 12.5 Å². The van der Waals surface area contributed by atoms with Crippen molar-refractivity contribution in [3.05, 3.63) is 0 Å². The summed E-state index contributed by atoms with van der Waals surface area (Å²) in [6, 6.07) is 0.341. The van der Waals surface area contributed by atoms with Crippen LogP contribution in [0.2, 0.25) is 0 Å². The predicted octanol–water partition coefficient (Wildman–Crippen LogP) is 2.40. The molecule has 0 aromatic carbocycles. The highest BCUT2D eigenvalue weighted by Gasteiger charge is 2.54. The van der Waals surface area contributed by atoms with Crippen molar-refractivity contribution in [2.24, 2.45) is 5.92 Å². The molecule has 2 rings (SSSR count). The molecule has 4 atom stereocenters. The fourth-order valence-electron chi connectivity index (χ4n) is 3.18. The van der Waals surface area contributed by atoms with Crippen LogP contribution in [-0.2, 0) is 9.47 Å². The quantitative estimate of drug-likeness (QED) is 0.702. The van der Waals surface area contributed by atoms with Crippen LogP contribution >= 0.6 is 11.8 Å². The standard InChI is InChI=1S/C16H30N2O3S/c1-5-22-10-6-8-17-13-12(11-7-9-20-14(11)13)18-15(19)21-16(2,3)4/h11-14,17H,5-10H2,1-4H3,(H,18,19). The normalized spacial score (nSPS) is 30.5. The van der Waals surface area contributed by atoms with E-state index in [1.54, 1.807) is 0 Å². The number of thioether (sulfide) groups is 1. The monoisotopic (exact) mass is 330 g/mol. The highest BCUT2D eigenvalue weighted by atomic mass is 32.2. The Hall–Kier alpha value is -0.460. The van der Waals surface area contributed by atoms with E-state index < -0.39 is 5.60 Å². The number of ether oxygens (including phenoxy) is 2. The molecule has 0 spiro atoms. The zero-order valence-electron chi connectivity index (χ0n) is 14.2. The average Bonchev–Trinajstić information content (AvgIpc) is 2.82. The molecular formula is C16H30N2O3S. The molecule has 6 heteroatoms. The van der Waals surface area contributed by atoms with E-state index in [9.17, 15) is 4.79 Å². The number of hydrogen-bond acceptors (Lipinski definition) is 5. The van der Waals surface area contributed by atoms with Gasteiger partial charge in [0.1, 0.15) is 5.60 Å². The molecule has 1 aliphatic heterocycles. The van der Waals surface area contributed by atoms with Crippen molar-refractivity contribution in [3.8, 4) is 0 Å². The van der Waals surface area contributed by atoms with E-state index in [0.29, 0.717) is 5.92 Å². The van der Waals surface area contributed by atoms with Gasteiger partial charge < -0.3 is 20.1 Å². The maximum absolute atomic E-state index is 12.0. The van der Waals surface area contributed by atoms with E-state index in [0.717, 1.165) is 26.0 Å². The minimum Gasteiger partial charge on any atom is -0.444 e. The molecule has 0 radical (unpaired) electrons. The van der Waals surface area contributed by atoms with Gasteiger partial charge in [0.05, 0.1) is 18.2 Å². The minimum absolute atomic E-state index is 0.126. The summed E-state index contributed by atoms with van der Waals surface area (Å²) in [5.41, 5.74) is -0.459. The number of rotatable bonds is 7. The van der Waals surface area contributed by atoms with Gasteiger partial charge in [-0.05, 0) is 51.7 Å². The van der Waals surface area contributed by atoms with Crippen LogP contribution in [0.25, 0.3) is 0 Å². The fraction of sp³-hybridized carbons (Fsp3) is 0.938. The zero-order chi connectivity index (χ0) is 16.2. The van der Waals surface area contributed by atoms with E-state index in [1.807, 2.05) is 32.5 Å². The fourth-order valence-corrected chi connectivity index (χ4v) is 3.82. The van der Waals surface area contributed by atoms with Gasteiger partial charge in [0.15, 0.2) is 0 Å². The van der Waals surface area contributed by atoms with Gasteiger partial charge in [-0.1, -0.05) is 6.92 Å². The molecule has 1 amide bonds. The molecule has 0 bridgehead atoms. The third-order valence-corrected chi connectivity index (χ3v) is 5.10. The summed E-state index contributed by atoms with van der Waals surface area (Å²) in [4.78, 5) is 12.0. The lowest BCUT2D eigenvalue weighted by Crippen LogP contribution is -2.70. The topological polar surface area (TPSA) is 59.6 Å². The van der Waals surface area contributed by atoms with Crippen molar-refractivity contribution in [3.63, 3.8) is 0 Å². The molecule has 22 heavy (non-hydrogen) atoms. The predicted molar refractivity (Wildman–Crippen MR) is 90.4 cm³/mol. The van der Waals surface area contributed by atoms with Crippen LogP contribution in [0.3, 0.4) is 0 Å². The second-order valence-corrected chi connectivity index (χ2v) is 8.38. The Kier molecular flexibility index (Phi) is 6.41. The lowest BCUT2D eigenvalue weighted by molar-refractivity contribution is -0.0335. The van der Waals surface area contributed by atoms with Crippen molar-refractivity contribution in [2.45, 2.75) is 64.3 Å². The number of nitrogens with one attached hydrogen (secondary N) is 2. The summed E-state index contributed by atoms with van der Waals surface area (Å²) < 4.78 is 11.2. The van der Waals surface area contributed by atoms with Gasteiger partial charge in [-0.3, -0.25) is 0 Å². The maximum atomic E-state index is 12.0. The van der Waals surface area contributed by atoms with E-state index >= 15 is 0 Å². The van der Waals surface area contributed by atoms with Crippen LogP contribution in [0.1, 0.15) is 40.5 Å². The van der Waals surface area contributed by atoms with Crippen LogP contribution in [0, 0.1) is 5.92 Å². The summed E-state index contributed by atoms with van der Waals surface area (Å²) in [7, 11) is 0. The molecule has 0 aromatic heterocycles. The van der Waals surface area contributed by atoms with Crippen LogP contribution in [-0.4, -0.2) is 54.5 Å². The van der Waals surface area contributed by atoms with E-state index in [1.165, 1.54) is 11.5 Å². The Morgan fingerprint density at radius 3 is 2.82 bits per heavy atom. The van der Waals surface area contributed by atoms with Gasteiger partial charge in [-0.2, -0.15) is 11.8 Å². The van der Waals surface area contributed by atoms with E-state index in [-0.39, 0.29) is 24.3 Å². The summed E-state index contributed by atoms with van der Waals surface area (Å²) in [6.07, 6.45) is 2.09. The number of amides is 1. The van der Waals surface area contributed by atoms with E-state index in [2.05, 4.69) is 17.6 Å². The first-order valence-corrected chi connectivity index (χ1v) is 9.50. The Morgan fingerprint density at radius 2 is 2.14 bits per heavy atom. The Balaban J connectivity index is 1.78. The summed E-state index contributed by atoms with van der Waals surface area (Å²) in [6.45, 7) is 9.60. The maximum Gasteiger partial charge on any atom is 0.407 e. The number of carbonyl (C=O) groups excluding carboxylic acids is 1. The molecule has 5 nitrogen and oxygen atoms in total. The number of fused-ring (bicyclic) bond motifs is 1. The number of hydrogen-bond donors (Lipinski definition) is 2. The minimum atomic E-state index is -0.459. The summed E-state index contributed by atoms with van der Waals surface area (Å²) in [5, 5.41) is 6.60. The smallest absolute Gasteiger partial charge is 0.407 e. The first-order chi connectivity index (χ1) is 10.4. The van der Waals surface area contributed by atoms with Crippen LogP contribution in [0.4, 0.5) is 4.79 Å². The zero-order valence-corrected chi connectivity index (χ0v) is 15.0. The van der Waals surface area contributed by atoms with Gasteiger partial charge in [0.25, 0.3) is 0 Å². The molecule has 2 aliphatic rings. The van der Waals surface area contributed by atoms with Crippen molar-refractivity contribution in [2.75, 3.05) is 24.7 Å². The van der Waals surface area contributed by atoms with Gasteiger partial charge >= 0.3 is 6.09 Å². The largest absolute Gasteiger partial charge is 0.444 e. The Labute approximate surface area is 138 Å². The Morgan fingerprint density at radius 1 is 1.36 bits per heavy atom.